The Labute approximate surface area is 151 Å². The molecule has 0 spiro atoms. The number of hydrogen-bond acceptors (Lipinski definition) is 4. The number of esters is 1. The molecule has 0 unspecified atom stereocenters. The number of nitrogens with zero attached hydrogens (tertiary/aromatic N) is 2. The molecule has 5 nitrogen and oxygen atoms in total. The lowest BCUT2D eigenvalue weighted by atomic mass is 10.2. The molecule has 1 aromatic heterocycles. The van der Waals surface area contributed by atoms with Crippen LogP contribution in [0.3, 0.4) is 0 Å². The molecule has 0 bridgehead atoms. The first-order chi connectivity index (χ1) is 12.6. The lowest BCUT2D eigenvalue weighted by Gasteiger charge is -1.99. The molecule has 0 N–H and O–H groups in total. The Balaban J connectivity index is 0.000000199. The number of hydrogen-bond donors (Lipinski definition) is 0. The van der Waals surface area contributed by atoms with Gasteiger partial charge in [0.25, 0.3) is 0 Å². The van der Waals surface area contributed by atoms with Crippen molar-refractivity contribution in [1.29, 1.82) is 0 Å². The summed E-state index contributed by atoms with van der Waals surface area (Å²) >= 11 is 0. The number of fused-ring (bicyclic) bond motifs is 3. The summed E-state index contributed by atoms with van der Waals surface area (Å²) in [6.45, 7) is 9.04. The van der Waals surface area contributed by atoms with Crippen LogP contribution in [0, 0.1) is 0 Å². The van der Waals surface area contributed by atoms with E-state index in [0.29, 0.717) is 5.57 Å². The van der Waals surface area contributed by atoms with Gasteiger partial charge in [-0.1, -0.05) is 49.6 Å². The maximum Gasteiger partial charge on any atom is 0.333 e. The molecule has 0 aliphatic carbocycles. The third-order valence-corrected chi connectivity index (χ3v) is 3.65. The third-order valence-electron chi connectivity index (χ3n) is 3.65. The number of ether oxygens (including phenoxy) is 1. The molecule has 0 saturated heterocycles. The summed E-state index contributed by atoms with van der Waals surface area (Å²) in [5, 5.41) is 2.57. The minimum absolute atomic E-state index is 0.0981. The maximum atomic E-state index is 10.6. The highest BCUT2D eigenvalue weighted by molar-refractivity contribution is 6.09. The summed E-state index contributed by atoms with van der Waals surface area (Å²) in [4.78, 5) is 23.4. The Bertz CT molecular complexity index is 942. The van der Waals surface area contributed by atoms with E-state index < -0.39 is 5.97 Å². The van der Waals surface area contributed by atoms with Crippen LogP contribution in [-0.4, -0.2) is 29.8 Å². The molecule has 132 valence electrons. The zero-order chi connectivity index (χ0) is 18.9. The van der Waals surface area contributed by atoms with Crippen LogP contribution >= 0.6 is 0 Å². The molecular weight excluding hydrogens is 328 g/mol. The van der Waals surface area contributed by atoms with Crippen molar-refractivity contribution in [3.8, 4) is 0 Å². The van der Waals surface area contributed by atoms with Gasteiger partial charge in [-0.05, 0) is 19.1 Å². The van der Waals surface area contributed by atoms with Crippen LogP contribution in [0.2, 0.25) is 0 Å². The normalized spacial score (nSPS) is 9.73. The summed E-state index contributed by atoms with van der Waals surface area (Å²) < 4.78 is 6.72. The number of benzene rings is 2. The molecule has 0 amide bonds. The van der Waals surface area contributed by atoms with Gasteiger partial charge >= 0.3 is 5.97 Å². The molecule has 0 aliphatic heterocycles. The Morgan fingerprint density at radius 2 is 1.69 bits per heavy atom. The Morgan fingerprint density at radius 1 is 1.15 bits per heavy atom. The molecule has 0 aliphatic rings. The minimum Gasteiger partial charge on any atom is -0.460 e. The van der Waals surface area contributed by atoms with E-state index >= 15 is 0 Å². The predicted octanol–water partition coefficient (Wildman–Crippen LogP) is 4.34. The van der Waals surface area contributed by atoms with E-state index in [9.17, 15) is 9.59 Å². The van der Waals surface area contributed by atoms with Crippen molar-refractivity contribution < 1.29 is 14.3 Å². The molecule has 2 aromatic carbocycles. The van der Waals surface area contributed by atoms with Gasteiger partial charge in [0.05, 0.1) is 17.6 Å². The quantitative estimate of drug-likeness (QED) is 0.227. The SMILES string of the molecule is C=C(C)C(=O)OCCN=C=O.C=Cn1c2ccccc2c2ccccc21. The molecule has 0 atom stereocenters. The van der Waals surface area contributed by atoms with Gasteiger partial charge in [0.1, 0.15) is 6.61 Å². The smallest absolute Gasteiger partial charge is 0.333 e. The lowest BCUT2D eigenvalue weighted by Crippen LogP contribution is -2.07. The fourth-order valence-electron chi connectivity index (χ4n) is 2.50. The van der Waals surface area contributed by atoms with E-state index in [4.69, 9.17) is 0 Å². The minimum atomic E-state index is -0.467. The lowest BCUT2D eigenvalue weighted by molar-refractivity contribution is -0.138. The molecule has 0 saturated carbocycles. The largest absolute Gasteiger partial charge is 0.460 e. The number of carbonyl (C=O) groups excluding carboxylic acids is 2. The Kier molecular flexibility index (Phi) is 6.66. The zero-order valence-electron chi connectivity index (χ0n) is 14.6. The van der Waals surface area contributed by atoms with Crippen LogP contribution in [0.15, 0.2) is 72.3 Å². The number of aliphatic imine (C=N–C) groups is 1. The van der Waals surface area contributed by atoms with Gasteiger partial charge in [-0.2, -0.15) is 0 Å². The number of carbonyl (C=O) groups is 1. The topological polar surface area (TPSA) is 60.7 Å². The highest BCUT2D eigenvalue weighted by Gasteiger charge is 2.06. The van der Waals surface area contributed by atoms with Crippen LogP contribution < -0.4 is 0 Å². The Morgan fingerprint density at radius 3 is 2.15 bits per heavy atom. The molecule has 0 radical (unpaired) electrons. The number of para-hydroxylation sites is 2. The van der Waals surface area contributed by atoms with Crippen LogP contribution in [0.4, 0.5) is 0 Å². The molecule has 26 heavy (non-hydrogen) atoms. The van der Waals surface area contributed by atoms with E-state index in [0.717, 1.165) is 0 Å². The predicted molar refractivity (Wildman–Crippen MR) is 105 cm³/mol. The van der Waals surface area contributed by atoms with Crippen LogP contribution in [0.25, 0.3) is 28.0 Å². The van der Waals surface area contributed by atoms with E-state index in [1.54, 1.807) is 6.92 Å². The van der Waals surface area contributed by atoms with E-state index in [2.05, 4.69) is 76.0 Å². The van der Waals surface area contributed by atoms with Crippen molar-refractivity contribution in [2.45, 2.75) is 6.92 Å². The summed E-state index contributed by atoms with van der Waals surface area (Å²) in [5.41, 5.74) is 2.77. The summed E-state index contributed by atoms with van der Waals surface area (Å²) in [7, 11) is 0. The first-order valence-corrected chi connectivity index (χ1v) is 8.06. The number of rotatable bonds is 5. The van der Waals surface area contributed by atoms with Crippen molar-refractivity contribution >= 4 is 40.1 Å². The van der Waals surface area contributed by atoms with Crippen molar-refractivity contribution in [3.05, 3.63) is 67.3 Å². The second-order valence-corrected chi connectivity index (χ2v) is 5.48. The fourth-order valence-corrected chi connectivity index (χ4v) is 2.50. The molecule has 5 heteroatoms. The summed E-state index contributed by atoms with van der Waals surface area (Å²) in [6.07, 6.45) is 3.20. The monoisotopic (exact) mass is 348 g/mol. The van der Waals surface area contributed by atoms with E-state index in [-0.39, 0.29) is 13.2 Å². The molecule has 3 rings (SSSR count). The van der Waals surface area contributed by atoms with Crippen molar-refractivity contribution in [2.75, 3.05) is 13.2 Å². The summed E-state index contributed by atoms with van der Waals surface area (Å²) in [5.74, 6) is -0.467. The average molecular weight is 348 g/mol. The highest BCUT2D eigenvalue weighted by atomic mass is 16.5. The second-order valence-electron chi connectivity index (χ2n) is 5.48. The molecule has 0 fully saturated rings. The standard InChI is InChI=1S/C14H11N.C7H9NO3/c1-2-15-13-9-5-3-7-11(13)12-8-4-6-10-14(12)15;1-6(2)7(10)11-4-3-8-5-9/h2-10H,1H2;1,3-4H2,2H3. The fraction of sp³-hybridized carbons (Fsp3) is 0.143. The Hall–Kier alpha value is -3.43. The van der Waals surface area contributed by atoms with Crippen molar-refractivity contribution in [1.82, 2.24) is 4.57 Å². The first kappa shape index (κ1) is 18.9. The van der Waals surface area contributed by atoms with Crippen LogP contribution in [-0.2, 0) is 14.3 Å². The first-order valence-electron chi connectivity index (χ1n) is 8.06. The number of isocyanates is 1. The van der Waals surface area contributed by atoms with E-state index in [1.807, 2.05) is 6.20 Å². The number of aromatic nitrogens is 1. The molecule has 1 heterocycles. The summed E-state index contributed by atoms with van der Waals surface area (Å²) in [6, 6.07) is 16.8. The maximum absolute atomic E-state index is 10.6. The van der Waals surface area contributed by atoms with Crippen molar-refractivity contribution in [2.24, 2.45) is 4.99 Å². The van der Waals surface area contributed by atoms with Gasteiger partial charge in [-0.15, -0.1) is 0 Å². The van der Waals surface area contributed by atoms with Crippen molar-refractivity contribution in [3.63, 3.8) is 0 Å². The second kappa shape index (κ2) is 9.16. The molecule has 3 aromatic rings. The van der Waals surface area contributed by atoms with Crippen LogP contribution in [0.5, 0.6) is 0 Å². The van der Waals surface area contributed by atoms with Crippen LogP contribution in [0.1, 0.15) is 6.92 Å². The van der Waals surface area contributed by atoms with Gasteiger partial charge in [-0.25, -0.2) is 14.6 Å². The van der Waals surface area contributed by atoms with Gasteiger partial charge in [0.2, 0.25) is 6.08 Å². The van der Waals surface area contributed by atoms with Gasteiger partial charge in [0, 0.05) is 22.5 Å². The third kappa shape index (κ3) is 4.35. The molecular formula is C21H20N2O3. The van der Waals surface area contributed by atoms with E-state index in [1.165, 1.54) is 27.9 Å². The zero-order valence-corrected chi connectivity index (χ0v) is 14.6. The average Bonchev–Trinajstić information content (AvgIpc) is 2.99. The van der Waals surface area contributed by atoms with Gasteiger partial charge in [0.15, 0.2) is 0 Å². The van der Waals surface area contributed by atoms with Gasteiger partial charge < -0.3 is 9.30 Å². The highest BCUT2D eigenvalue weighted by Crippen LogP contribution is 2.28. The van der Waals surface area contributed by atoms with Gasteiger partial charge in [-0.3, -0.25) is 0 Å².